The molecule has 7 heteroatoms. The molecule has 0 aliphatic rings. The summed E-state index contributed by atoms with van der Waals surface area (Å²) in [4.78, 5) is 24.3. The SMILES string of the molecule is COc1cc(C(=O)NNC(=O)c2ccoc2C)ccc1OCc1ccccc1. The van der Waals surface area contributed by atoms with Gasteiger partial charge in [-0.05, 0) is 36.8 Å². The minimum atomic E-state index is -0.484. The van der Waals surface area contributed by atoms with E-state index in [9.17, 15) is 9.59 Å². The van der Waals surface area contributed by atoms with Crippen LogP contribution >= 0.6 is 0 Å². The highest BCUT2D eigenvalue weighted by atomic mass is 16.5. The number of ether oxygens (including phenoxy) is 2. The summed E-state index contributed by atoms with van der Waals surface area (Å²) in [7, 11) is 1.50. The normalized spacial score (nSPS) is 10.2. The number of aryl methyl sites for hydroxylation is 1. The van der Waals surface area contributed by atoms with E-state index in [1.807, 2.05) is 30.3 Å². The van der Waals surface area contributed by atoms with Crippen LogP contribution in [0.1, 0.15) is 32.0 Å². The maximum absolute atomic E-state index is 12.3. The molecule has 0 radical (unpaired) electrons. The molecule has 0 fully saturated rings. The number of amides is 2. The fourth-order valence-electron chi connectivity index (χ4n) is 2.54. The van der Waals surface area contributed by atoms with Crippen LogP contribution in [0.4, 0.5) is 0 Å². The molecular weight excluding hydrogens is 360 g/mol. The number of hydrogen-bond acceptors (Lipinski definition) is 5. The first-order valence-electron chi connectivity index (χ1n) is 8.58. The first-order chi connectivity index (χ1) is 13.6. The molecule has 28 heavy (non-hydrogen) atoms. The van der Waals surface area contributed by atoms with Crippen molar-refractivity contribution in [2.24, 2.45) is 0 Å². The summed E-state index contributed by atoms with van der Waals surface area (Å²) in [5, 5.41) is 0. The standard InChI is InChI=1S/C21H20N2O5/c1-14-17(10-11-27-14)21(25)23-22-20(24)16-8-9-18(19(12-16)26-2)28-13-15-6-4-3-5-7-15/h3-12H,13H2,1-2H3,(H,22,24)(H,23,25). The summed E-state index contributed by atoms with van der Waals surface area (Å²) in [6, 6.07) is 16.0. The zero-order chi connectivity index (χ0) is 19.9. The number of methoxy groups -OCH3 is 1. The topological polar surface area (TPSA) is 89.8 Å². The molecule has 3 aromatic rings. The number of carbonyl (C=O) groups excluding carboxylic acids is 2. The first-order valence-corrected chi connectivity index (χ1v) is 8.58. The van der Waals surface area contributed by atoms with E-state index in [1.54, 1.807) is 25.1 Å². The van der Waals surface area contributed by atoms with E-state index in [-0.39, 0.29) is 0 Å². The van der Waals surface area contributed by atoms with Gasteiger partial charge >= 0.3 is 0 Å². The van der Waals surface area contributed by atoms with Gasteiger partial charge in [0.05, 0.1) is 18.9 Å². The summed E-state index contributed by atoms with van der Waals surface area (Å²) in [5.41, 5.74) is 6.40. The minimum absolute atomic E-state index is 0.313. The van der Waals surface area contributed by atoms with Crippen LogP contribution in [0.3, 0.4) is 0 Å². The second-order valence-electron chi connectivity index (χ2n) is 5.94. The zero-order valence-corrected chi connectivity index (χ0v) is 15.5. The van der Waals surface area contributed by atoms with E-state index in [0.29, 0.717) is 35.0 Å². The molecule has 2 aromatic carbocycles. The first kappa shape index (κ1) is 19.0. The molecule has 0 atom stereocenters. The van der Waals surface area contributed by atoms with Crippen LogP contribution in [0.25, 0.3) is 0 Å². The van der Waals surface area contributed by atoms with Crippen LogP contribution in [0.15, 0.2) is 65.3 Å². The summed E-state index contributed by atoms with van der Waals surface area (Å²) in [5.74, 6) is 0.451. The second kappa shape index (κ2) is 8.77. The second-order valence-corrected chi connectivity index (χ2v) is 5.94. The van der Waals surface area contributed by atoms with Gasteiger partial charge in [-0.2, -0.15) is 0 Å². The monoisotopic (exact) mass is 380 g/mol. The molecule has 0 unspecified atom stereocenters. The molecule has 0 aliphatic heterocycles. The van der Waals surface area contributed by atoms with Crippen molar-refractivity contribution in [3.63, 3.8) is 0 Å². The van der Waals surface area contributed by atoms with E-state index >= 15 is 0 Å². The van der Waals surface area contributed by atoms with Crippen LogP contribution in [0, 0.1) is 6.92 Å². The third-order valence-corrected chi connectivity index (χ3v) is 4.06. The van der Waals surface area contributed by atoms with E-state index in [0.717, 1.165) is 5.56 Å². The lowest BCUT2D eigenvalue weighted by Crippen LogP contribution is -2.41. The molecule has 2 N–H and O–H groups in total. The maximum Gasteiger partial charge on any atom is 0.273 e. The molecule has 0 spiro atoms. The van der Waals surface area contributed by atoms with Crippen LogP contribution < -0.4 is 20.3 Å². The highest BCUT2D eigenvalue weighted by molar-refractivity contribution is 5.99. The fourth-order valence-corrected chi connectivity index (χ4v) is 2.54. The van der Waals surface area contributed by atoms with Crippen molar-refractivity contribution >= 4 is 11.8 Å². The number of benzene rings is 2. The van der Waals surface area contributed by atoms with Gasteiger partial charge in [-0.1, -0.05) is 30.3 Å². The lowest BCUT2D eigenvalue weighted by atomic mass is 10.2. The molecule has 3 rings (SSSR count). The number of hydrazine groups is 1. The Hall–Kier alpha value is -3.74. The molecule has 2 amide bonds. The quantitative estimate of drug-likeness (QED) is 0.641. The molecule has 0 aliphatic carbocycles. The summed E-state index contributed by atoms with van der Waals surface area (Å²) in [6.45, 7) is 2.04. The highest BCUT2D eigenvalue weighted by Gasteiger charge is 2.15. The molecule has 0 bridgehead atoms. The van der Waals surface area contributed by atoms with Crippen molar-refractivity contribution in [1.29, 1.82) is 0 Å². The Labute approximate surface area is 162 Å². The highest BCUT2D eigenvalue weighted by Crippen LogP contribution is 2.28. The number of furan rings is 1. The third-order valence-electron chi connectivity index (χ3n) is 4.06. The number of hydrogen-bond donors (Lipinski definition) is 2. The van der Waals surface area contributed by atoms with Crippen LogP contribution in [0.2, 0.25) is 0 Å². The van der Waals surface area contributed by atoms with Gasteiger partial charge in [0.1, 0.15) is 12.4 Å². The Balaban J connectivity index is 1.63. The third kappa shape index (κ3) is 4.50. The fraction of sp³-hybridized carbons (Fsp3) is 0.143. The van der Waals surface area contributed by atoms with Gasteiger partial charge < -0.3 is 13.9 Å². The largest absolute Gasteiger partial charge is 0.493 e. The van der Waals surface area contributed by atoms with Gasteiger partial charge in [-0.15, -0.1) is 0 Å². The maximum atomic E-state index is 12.3. The lowest BCUT2D eigenvalue weighted by molar-refractivity contribution is 0.0845. The van der Waals surface area contributed by atoms with E-state index in [1.165, 1.54) is 19.4 Å². The van der Waals surface area contributed by atoms with Crippen molar-refractivity contribution < 1.29 is 23.5 Å². The minimum Gasteiger partial charge on any atom is -0.493 e. The number of rotatable bonds is 6. The molecular formula is C21H20N2O5. The Morgan fingerprint density at radius 2 is 1.71 bits per heavy atom. The van der Waals surface area contributed by atoms with Crippen LogP contribution in [-0.2, 0) is 6.61 Å². The lowest BCUT2D eigenvalue weighted by Gasteiger charge is -2.13. The molecule has 7 nitrogen and oxygen atoms in total. The van der Waals surface area contributed by atoms with Crippen molar-refractivity contribution in [3.05, 3.63) is 83.3 Å². The van der Waals surface area contributed by atoms with Gasteiger partial charge in [-0.3, -0.25) is 20.4 Å². The summed E-state index contributed by atoms with van der Waals surface area (Å²) in [6.07, 6.45) is 1.41. The Kier molecular flexibility index (Phi) is 5.96. The smallest absolute Gasteiger partial charge is 0.273 e. The molecule has 144 valence electrons. The average Bonchev–Trinajstić information content (AvgIpc) is 3.16. The van der Waals surface area contributed by atoms with Crippen molar-refractivity contribution in [1.82, 2.24) is 10.9 Å². The van der Waals surface area contributed by atoms with Crippen molar-refractivity contribution in [2.45, 2.75) is 13.5 Å². The van der Waals surface area contributed by atoms with E-state index < -0.39 is 11.8 Å². The Morgan fingerprint density at radius 3 is 2.39 bits per heavy atom. The average molecular weight is 380 g/mol. The summed E-state index contributed by atoms with van der Waals surface area (Å²) < 4.78 is 16.2. The molecule has 1 aromatic heterocycles. The van der Waals surface area contributed by atoms with Crippen molar-refractivity contribution in [2.75, 3.05) is 7.11 Å². The molecule has 0 saturated heterocycles. The van der Waals surface area contributed by atoms with Gasteiger partial charge in [0.25, 0.3) is 11.8 Å². The van der Waals surface area contributed by atoms with Gasteiger partial charge in [0, 0.05) is 5.56 Å². The van der Waals surface area contributed by atoms with Gasteiger partial charge in [-0.25, -0.2) is 0 Å². The Bertz CT molecular complexity index is 966. The van der Waals surface area contributed by atoms with Gasteiger partial charge in [0.15, 0.2) is 11.5 Å². The van der Waals surface area contributed by atoms with Crippen molar-refractivity contribution in [3.8, 4) is 11.5 Å². The molecule has 1 heterocycles. The summed E-state index contributed by atoms with van der Waals surface area (Å²) >= 11 is 0. The van der Waals surface area contributed by atoms with E-state index in [4.69, 9.17) is 13.9 Å². The Morgan fingerprint density at radius 1 is 0.964 bits per heavy atom. The molecule has 0 saturated carbocycles. The van der Waals surface area contributed by atoms with Gasteiger partial charge in [0.2, 0.25) is 0 Å². The zero-order valence-electron chi connectivity index (χ0n) is 15.5. The number of nitrogens with one attached hydrogen (secondary N) is 2. The van der Waals surface area contributed by atoms with Crippen LogP contribution in [0.5, 0.6) is 11.5 Å². The van der Waals surface area contributed by atoms with Crippen LogP contribution in [-0.4, -0.2) is 18.9 Å². The van der Waals surface area contributed by atoms with E-state index in [2.05, 4.69) is 10.9 Å². The predicted molar refractivity (Wildman–Crippen MR) is 102 cm³/mol. The number of carbonyl (C=O) groups is 2. The predicted octanol–water partition coefficient (Wildman–Crippen LogP) is 3.25.